The first-order chi connectivity index (χ1) is 9.92. The van der Waals surface area contributed by atoms with Gasteiger partial charge < -0.3 is 10.5 Å². The molecule has 0 heterocycles. The fourth-order valence-electron chi connectivity index (χ4n) is 1.94. The van der Waals surface area contributed by atoms with Gasteiger partial charge in [0.1, 0.15) is 5.75 Å². The lowest BCUT2D eigenvalue weighted by Gasteiger charge is -2.19. The number of hydrogen-bond donors (Lipinski definition) is 1. The van der Waals surface area contributed by atoms with Crippen molar-refractivity contribution in [1.82, 2.24) is 0 Å². The van der Waals surface area contributed by atoms with Gasteiger partial charge in [-0.2, -0.15) is 0 Å². The second kappa shape index (κ2) is 6.05. The molecule has 2 aromatic rings. The molecule has 0 saturated carbocycles. The average molecular weight is 306 g/mol. The molecule has 2 aromatic carbocycles. The molecule has 0 spiro atoms. The summed E-state index contributed by atoms with van der Waals surface area (Å²) >= 11 is 0. The number of hydrogen-bond acceptors (Lipinski definition) is 4. The summed E-state index contributed by atoms with van der Waals surface area (Å²) in [5.41, 5.74) is 7.47. The van der Waals surface area contributed by atoms with Gasteiger partial charge in [-0.3, -0.25) is 4.31 Å². The summed E-state index contributed by atoms with van der Waals surface area (Å²) in [4.78, 5) is 0. The third kappa shape index (κ3) is 3.66. The van der Waals surface area contributed by atoms with Crippen LogP contribution < -0.4 is 14.8 Å². The molecular formula is C15H18N2O3S. The summed E-state index contributed by atoms with van der Waals surface area (Å²) in [6.07, 6.45) is 0. The van der Waals surface area contributed by atoms with E-state index in [0.717, 1.165) is 0 Å². The molecule has 112 valence electrons. The van der Waals surface area contributed by atoms with Gasteiger partial charge in [0.05, 0.1) is 18.6 Å². The Kier molecular flexibility index (Phi) is 4.37. The maximum Gasteiger partial charge on any atom is 0.239 e. The van der Waals surface area contributed by atoms with E-state index in [1.165, 1.54) is 11.4 Å². The number of nitrogen functional groups attached to an aromatic ring is 1. The second-order valence-corrected chi connectivity index (χ2v) is 6.67. The highest BCUT2D eigenvalue weighted by molar-refractivity contribution is 7.92. The average Bonchev–Trinajstić information content (AvgIpc) is 2.46. The zero-order valence-corrected chi connectivity index (χ0v) is 12.8. The van der Waals surface area contributed by atoms with Crippen LogP contribution in [-0.2, 0) is 15.8 Å². The number of nitrogens with zero attached hydrogens (tertiary/aromatic N) is 1. The monoisotopic (exact) mass is 306 g/mol. The van der Waals surface area contributed by atoms with E-state index in [9.17, 15) is 8.42 Å². The minimum absolute atomic E-state index is 0.0967. The number of anilines is 2. The standard InChI is InChI=1S/C15H18N2O3S/c1-17(14-6-8-15(20-2)9-7-14)21(18,19)11-12-4-3-5-13(16)10-12/h3-10H,11,16H2,1-2H3. The minimum Gasteiger partial charge on any atom is -0.497 e. The number of ether oxygens (including phenoxy) is 1. The van der Waals surface area contributed by atoms with Gasteiger partial charge in [-0.15, -0.1) is 0 Å². The summed E-state index contributed by atoms with van der Waals surface area (Å²) in [6.45, 7) is 0. The molecule has 6 heteroatoms. The molecule has 0 saturated heterocycles. The maximum absolute atomic E-state index is 12.4. The van der Waals surface area contributed by atoms with Crippen LogP contribution in [0.2, 0.25) is 0 Å². The molecule has 0 bridgehead atoms. The van der Waals surface area contributed by atoms with Crippen LogP contribution in [0.1, 0.15) is 5.56 Å². The molecule has 0 aliphatic heterocycles. The topological polar surface area (TPSA) is 72.6 Å². The number of sulfonamides is 1. The van der Waals surface area contributed by atoms with Gasteiger partial charge in [0.25, 0.3) is 0 Å². The Morgan fingerprint density at radius 1 is 1.14 bits per heavy atom. The van der Waals surface area contributed by atoms with Crippen LogP contribution in [0.3, 0.4) is 0 Å². The molecular weight excluding hydrogens is 288 g/mol. The Labute approximate surface area is 125 Å². The van der Waals surface area contributed by atoms with Crippen LogP contribution in [0.4, 0.5) is 11.4 Å². The van der Waals surface area contributed by atoms with Crippen molar-refractivity contribution in [3.8, 4) is 5.75 Å². The van der Waals surface area contributed by atoms with Crippen LogP contribution in [0.25, 0.3) is 0 Å². The first-order valence-electron chi connectivity index (χ1n) is 6.37. The summed E-state index contributed by atoms with van der Waals surface area (Å²) in [5.74, 6) is 0.584. The van der Waals surface area contributed by atoms with Crippen molar-refractivity contribution >= 4 is 21.4 Å². The lowest BCUT2D eigenvalue weighted by atomic mass is 10.2. The van der Waals surface area contributed by atoms with Crippen LogP contribution >= 0.6 is 0 Å². The van der Waals surface area contributed by atoms with Crippen molar-refractivity contribution in [3.63, 3.8) is 0 Å². The normalized spacial score (nSPS) is 11.1. The molecule has 0 aliphatic carbocycles. The fraction of sp³-hybridized carbons (Fsp3) is 0.200. The highest BCUT2D eigenvalue weighted by atomic mass is 32.2. The van der Waals surface area contributed by atoms with Crippen LogP contribution in [0.15, 0.2) is 48.5 Å². The molecule has 2 rings (SSSR count). The summed E-state index contributed by atoms with van der Waals surface area (Å²) in [5, 5.41) is 0. The smallest absolute Gasteiger partial charge is 0.239 e. The van der Waals surface area contributed by atoms with Gasteiger partial charge in [-0.25, -0.2) is 8.42 Å². The molecule has 0 aromatic heterocycles. The molecule has 0 unspecified atom stereocenters. The molecule has 5 nitrogen and oxygen atoms in total. The second-order valence-electron chi connectivity index (χ2n) is 4.67. The van der Waals surface area contributed by atoms with Crippen LogP contribution in [0, 0.1) is 0 Å². The summed E-state index contributed by atoms with van der Waals surface area (Å²) < 4.78 is 31.2. The minimum atomic E-state index is -3.47. The van der Waals surface area contributed by atoms with Crippen molar-refractivity contribution in [1.29, 1.82) is 0 Å². The summed E-state index contributed by atoms with van der Waals surface area (Å²) in [6, 6.07) is 13.7. The van der Waals surface area contributed by atoms with E-state index in [4.69, 9.17) is 10.5 Å². The van der Waals surface area contributed by atoms with E-state index < -0.39 is 10.0 Å². The van der Waals surface area contributed by atoms with Gasteiger partial charge >= 0.3 is 0 Å². The number of rotatable bonds is 5. The first kappa shape index (κ1) is 15.2. The Hall–Kier alpha value is -2.21. The van der Waals surface area contributed by atoms with Gasteiger partial charge in [-0.05, 0) is 42.0 Å². The predicted octanol–water partition coefficient (Wildman–Crippen LogP) is 2.24. The van der Waals surface area contributed by atoms with E-state index in [1.807, 2.05) is 0 Å². The molecule has 0 radical (unpaired) electrons. The largest absolute Gasteiger partial charge is 0.497 e. The van der Waals surface area contributed by atoms with Crippen LogP contribution in [-0.4, -0.2) is 22.6 Å². The third-order valence-electron chi connectivity index (χ3n) is 3.15. The van der Waals surface area contributed by atoms with E-state index in [-0.39, 0.29) is 5.75 Å². The van der Waals surface area contributed by atoms with Gasteiger partial charge in [0.15, 0.2) is 0 Å². The number of nitrogens with two attached hydrogens (primary N) is 1. The lowest BCUT2D eigenvalue weighted by molar-refractivity contribution is 0.415. The fourth-order valence-corrected chi connectivity index (χ4v) is 3.18. The van der Waals surface area contributed by atoms with Crippen molar-refractivity contribution < 1.29 is 13.2 Å². The van der Waals surface area contributed by atoms with Crippen molar-refractivity contribution in [2.24, 2.45) is 0 Å². The van der Waals surface area contributed by atoms with Crippen molar-refractivity contribution in [2.75, 3.05) is 24.2 Å². The molecule has 0 atom stereocenters. The lowest BCUT2D eigenvalue weighted by Crippen LogP contribution is -2.27. The number of benzene rings is 2. The molecule has 2 N–H and O–H groups in total. The van der Waals surface area contributed by atoms with Gasteiger partial charge in [0.2, 0.25) is 10.0 Å². The summed E-state index contributed by atoms with van der Waals surface area (Å²) in [7, 11) is -0.370. The molecule has 21 heavy (non-hydrogen) atoms. The zero-order valence-electron chi connectivity index (χ0n) is 12.0. The van der Waals surface area contributed by atoms with Crippen LogP contribution in [0.5, 0.6) is 5.75 Å². The highest BCUT2D eigenvalue weighted by Gasteiger charge is 2.19. The van der Waals surface area contributed by atoms with E-state index in [0.29, 0.717) is 22.7 Å². The van der Waals surface area contributed by atoms with E-state index in [2.05, 4.69) is 0 Å². The van der Waals surface area contributed by atoms with Gasteiger partial charge in [0, 0.05) is 12.7 Å². The SMILES string of the molecule is COc1ccc(N(C)S(=O)(=O)Cc2cccc(N)c2)cc1. The Balaban J connectivity index is 2.21. The van der Waals surface area contributed by atoms with Crippen molar-refractivity contribution in [2.45, 2.75) is 5.75 Å². The van der Waals surface area contributed by atoms with Crippen molar-refractivity contribution in [3.05, 3.63) is 54.1 Å². The maximum atomic E-state index is 12.4. The Morgan fingerprint density at radius 3 is 2.38 bits per heavy atom. The molecule has 0 fully saturated rings. The highest BCUT2D eigenvalue weighted by Crippen LogP contribution is 2.22. The third-order valence-corrected chi connectivity index (χ3v) is 4.90. The number of methoxy groups -OCH3 is 1. The zero-order chi connectivity index (χ0) is 15.5. The Morgan fingerprint density at radius 2 is 1.81 bits per heavy atom. The Bertz CT molecular complexity index is 712. The van der Waals surface area contributed by atoms with E-state index in [1.54, 1.807) is 55.6 Å². The quantitative estimate of drug-likeness (QED) is 0.860. The van der Waals surface area contributed by atoms with Gasteiger partial charge in [-0.1, -0.05) is 12.1 Å². The molecule has 0 amide bonds. The van der Waals surface area contributed by atoms with E-state index >= 15 is 0 Å². The first-order valence-corrected chi connectivity index (χ1v) is 7.98. The molecule has 0 aliphatic rings. The predicted molar refractivity (Wildman–Crippen MR) is 84.9 cm³/mol.